The first-order chi connectivity index (χ1) is 8.65. The summed E-state index contributed by atoms with van der Waals surface area (Å²) >= 11 is 0. The van der Waals surface area contributed by atoms with Crippen LogP contribution < -0.4 is 10.6 Å². The molecule has 8 heteroatoms. The second kappa shape index (κ2) is 5.04. The van der Waals surface area contributed by atoms with Crippen LogP contribution in [0.3, 0.4) is 0 Å². The van der Waals surface area contributed by atoms with Gasteiger partial charge in [0.1, 0.15) is 12.1 Å². The number of hydrogen-bond acceptors (Lipinski definition) is 4. The third kappa shape index (κ3) is 2.88. The fourth-order valence-corrected chi connectivity index (χ4v) is 1.15. The number of aromatic amines is 1. The molecule has 0 radical (unpaired) electrons. The van der Waals surface area contributed by atoms with Gasteiger partial charge in [-0.15, -0.1) is 0 Å². The van der Waals surface area contributed by atoms with Gasteiger partial charge in [-0.05, 0) is 24.3 Å². The molecule has 1 aromatic carbocycles. The molecule has 0 fully saturated rings. The van der Waals surface area contributed by atoms with Gasteiger partial charge in [-0.1, -0.05) is 0 Å². The number of benzene rings is 1. The van der Waals surface area contributed by atoms with E-state index in [0.717, 1.165) is 0 Å². The Bertz CT molecular complexity index is 552. The molecule has 2 amide bonds. The molecule has 0 aliphatic carbocycles. The first-order valence-electron chi connectivity index (χ1n) is 4.88. The van der Waals surface area contributed by atoms with Crippen molar-refractivity contribution in [3.63, 3.8) is 0 Å². The van der Waals surface area contributed by atoms with Crippen molar-refractivity contribution in [1.82, 2.24) is 15.2 Å². The van der Waals surface area contributed by atoms with Gasteiger partial charge in [0.15, 0.2) is 0 Å². The Labute approximate surface area is 100 Å². The van der Waals surface area contributed by atoms with Crippen molar-refractivity contribution in [1.29, 1.82) is 0 Å². The maximum Gasteiger partial charge on any atom is 0.316 e. The van der Waals surface area contributed by atoms with Crippen molar-refractivity contribution in [2.24, 2.45) is 0 Å². The molecule has 0 atom stereocenters. The van der Waals surface area contributed by atoms with Crippen molar-refractivity contribution in [3.05, 3.63) is 36.4 Å². The number of H-pyrrole nitrogens is 1. The Balaban J connectivity index is 1.95. The molecule has 92 valence electrons. The first-order valence-corrected chi connectivity index (χ1v) is 4.88. The summed E-state index contributed by atoms with van der Waals surface area (Å²) in [6.07, 6.45) is 1.19. The Morgan fingerprint density at radius 1 is 1.11 bits per heavy atom. The van der Waals surface area contributed by atoms with Gasteiger partial charge < -0.3 is 5.32 Å². The van der Waals surface area contributed by atoms with E-state index in [1.54, 1.807) is 0 Å². The second-order valence-corrected chi connectivity index (χ2v) is 3.25. The van der Waals surface area contributed by atoms with Gasteiger partial charge in [0.2, 0.25) is 5.95 Å². The van der Waals surface area contributed by atoms with Gasteiger partial charge in [0.05, 0.1) is 0 Å². The molecule has 0 bridgehead atoms. The van der Waals surface area contributed by atoms with Crippen LogP contribution in [0.15, 0.2) is 30.6 Å². The number of nitrogens with zero attached hydrogens (tertiary/aromatic N) is 2. The average Bonchev–Trinajstić information content (AvgIpc) is 2.85. The minimum atomic E-state index is -0.906. The SMILES string of the molecule is O=C(Nc1ccc(F)cc1)C(=O)Nc1ncn[nH]1. The van der Waals surface area contributed by atoms with Crippen LogP contribution >= 0.6 is 0 Å². The van der Waals surface area contributed by atoms with Gasteiger partial charge in [-0.25, -0.2) is 9.49 Å². The van der Waals surface area contributed by atoms with E-state index in [1.807, 2.05) is 0 Å². The molecule has 2 aromatic rings. The molecular weight excluding hydrogens is 241 g/mol. The van der Waals surface area contributed by atoms with Crippen LogP contribution in [0.25, 0.3) is 0 Å². The standard InChI is InChI=1S/C10H8FN5O2/c11-6-1-3-7(4-2-6)14-8(17)9(18)15-10-12-5-13-16-10/h1-5H,(H,14,17)(H2,12,13,15,16,18). The minimum absolute atomic E-state index is 0.0641. The molecule has 2 rings (SSSR count). The van der Waals surface area contributed by atoms with E-state index in [1.165, 1.54) is 30.6 Å². The number of carbonyl (C=O) groups is 2. The number of carbonyl (C=O) groups excluding carboxylic acids is 2. The quantitative estimate of drug-likeness (QED) is 0.675. The molecule has 0 unspecified atom stereocenters. The summed E-state index contributed by atoms with van der Waals surface area (Å²) in [5, 5.41) is 10.4. The van der Waals surface area contributed by atoms with E-state index in [2.05, 4.69) is 25.8 Å². The average molecular weight is 249 g/mol. The van der Waals surface area contributed by atoms with Crippen molar-refractivity contribution in [2.45, 2.75) is 0 Å². The molecule has 7 nitrogen and oxygen atoms in total. The number of amides is 2. The molecule has 0 saturated carbocycles. The van der Waals surface area contributed by atoms with Gasteiger partial charge in [0, 0.05) is 5.69 Å². The van der Waals surface area contributed by atoms with Crippen LogP contribution in [-0.4, -0.2) is 27.0 Å². The number of hydrogen-bond donors (Lipinski definition) is 3. The molecule has 1 heterocycles. The number of anilines is 2. The van der Waals surface area contributed by atoms with Gasteiger partial charge >= 0.3 is 11.8 Å². The summed E-state index contributed by atoms with van der Waals surface area (Å²) in [4.78, 5) is 26.5. The van der Waals surface area contributed by atoms with Crippen molar-refractivity contribution in [2.75, 3.05) is 10.6 Å². The first kappa shape index (κ1) is 11.7. The van der Waals surface area contributed by atoms with Crippen LogP contribution in [0.2, 0.25) is 0 Å². The molecule has 0 spiro atoms. The zero-order valence-electron chi connectivity index (χ0n) is 8.98. The van der Waals surface area contributed by atoms with Crippen LogP contribution in [0.4, 0.5) is 16.0 Å². The molecule has 18 heavy (non-hydrogen) atoms. The second-order valence-electron chi connectivity index (χ2n) is 3.25. The predicted molar refractivity (Wildman–Crippen MR) is 60.0 cm³/mol. The number of nitrogens with one attached hydrogen (secondary N) is 3. The van der Waals surface area contributed by atoms with Crippen molar-refractivity contribution >= 4 is 23.5 Å². The lowest BCUT2D eigenvalue weighted by atomic mass is 10.3. The third-order valence-corrected chi connectivity index (χ3v) is 1.96. The van der Waals surface area contributed by atoms with E-state index in [9.17, 15) is 14.0 Å². The molecule has 1 aromatic heterocycles. The Kier molecular flexibility index (Phi) is 3.28. The summed E-state index contributed by atoms with van der Waals surface area (Å²) in [5.74, 6) is -2.16. The fourth-order valence-electron chi connectivity index (χ4n) is 1.15. The van der Waals surface area contributed by atoms with E-state index >= 15 is 0 Å². The maximum absolute atomic E-state index is 12.6. The fraction of sp³-hybridized carbons (Fsp3) is 0. The van der Waals surface area contributed by atoms with Crippen LogP contribution in [0, 0.1) is 5.82 Å². The van der Waals surface area contributed by atoms with Gasteiger partial charge in [-0.2, -0.15) is 10.1 Å². The van der Waals surface area contributed by atoms with Gasteiger partial charge in [-0.3, -0.25) is 14.9 Å². The topological polar surface area (TPSA) is 99.8 Å². The number of aromatic nitrogens is 3. The Morgan fingerprint density at radius 3 is 2.39 bits per heavy atom. The summed E-state index contributed by atoms with van der Waals surface area (Å²) in [6, 6.07) is 5.03. The van der Waals surface area contributed by atoms with E-state index in [-0.39, 0.29) is 5.95 Å². The van der Waals surface area contributed by atoms with Crippen LogP contribution in [-0.2, 0) is 9.59 Å². The van der Waals surface area contributed by atoms with E-state index in [4.69, 9.17) is 0 Å². The molecular formula is C10H8FN5O2. The van der Waals surface area contributed by atoms with E-state index in [0.29, 0.717) is 5.69 Å². The maximum atomic E-state index is 12.6. The normalized spacial score (nSPS) is 9.83. The molecule has 0 aliphatic heterocycles. The highest BCUT2D eigenvalue weighted by Gasteiger charge is 2.14. The number of rotatable bonds is 2. The summed E-state index contributed by atoms with van der Waals surface area (Å²) in [6.45, 7) is 0. The van der Waals surface area contributed by atoms with Gasteiger partial charge in [0.25, 0.3) is 0 Å². The highest BCUT2D eigenvalue weighted by Crippen LogP contribution is 2.08. The number of halogens is 1. The van der Waals surface area contributed by atoms with Crippen LogP contribution in [0.1, 0.15) is 0 Å². The van der Waals surface area contributed by atoms with Crippen molar-refractivity contribution < 1.29 is 14.0 Å². The Morgan fingerprint density at radius 2 is 1.78 bits per heavy atom. The zero-order valence-corrected chi connectivity index (χ0v) is 8.98. The summed E-state index contributed by atoms with van der Waals surface area (Å²) in [7, 11) is 0. The minimum Gasteiger partial charge on any atom is -0.318 e. The largest absolute Gasteiger partial charge is 0.318 e. The van der Waals surface area contributed by atoms with Crippen molar-refractivity contribution in [3.8, 4) is 0 Å². The highest BCUT2D eigenvalue weighted by atomic mass is 19.1. The predicted octanol–water partition coefficient (Wildman–Crippen LogP) is 0.521. The molecule has 3 N–H and O–H groups in total. The molecule has 0 saturated heterocycles. The lowest BCUT2D eigenvalue weighted by molar-refractivity contribution is -0.133. The monoisotopic (exact) mass is 249 g/mol. The summed E-state index contributed by atoms with van der Waals surface area (Å²) < 4.78 is 12.6. The zero-order chi connectivity index (χ0) is 13.0. The smallest absolute Gasteiger partial charge is 0.316 e. The Hall–Kier alpha value is -2.77. The highest BCUT2D eigenvalue weighted by molar-refractivity contribution is 6.43. The van der Waals surface area contributed by atoms with Crippen LogP contribution in [0.5, 0.6) is 0 Å². The molecule has 0 aliphatic rings. The third-order valence-electron chi connectivity index (χ3n) is 1.96. The van der Waals surface area contributed by atoms with E-state index < -0.39 is 17.6 Å². The lowest BCUT2D eigenvalue weighted by Crippen LogP contribution is -2.29. The summed E-state index contributed by atoms with van der Waals surface area (Å²) in [5.41, 5.74) is 0.314. The lowest BCUT2D eigenvalue weighted by Gasteiger charge is -2.04.